The molecule has 0 spiro atoms. The molecule has 1 aliphatic rings. The highest BCUT2D eigenvalue weighted by Crippen LogP contribution is 2.29. The largest absolute Gasteiger partial charge is 0.304 e. The molecular formula is C13H15NO4S. The van der Waals surface area contributed by atoms with Gasteiger partial charge in [-0.25, -0.2) is 8.42 Å². The molecular weight excluding hydrogens is 266 g/mol. The van der Waals surface area contributed by atoms with E-state index in [0.29, 0.717) is 11.3 Å². The Bertz CT molecular complexity index is 649. The van der Waals surface area contributed by atoms with Crippen molar-refractivity contribution in [3.8, 4) is 0 Å². The molecule has 0 radical (unpaired) electrons. The van der Waals surface area contributed by atoms with Crippen LogP contribution in [0.15, 0.2) is 18.2 Å². The number of carbonyl (C=O) groups is 2. The SMILES string of the molecule is CCS(=O)(=O)CCN1C(=O)C(=O)c2cc(C)ccc21. The topological polar surface area (TPSA) is 71.5 Å². The summed E-state index contributed by atoms with van der Waals surface area (Å²) in [6, 6.07) is 5.14. The average Bonchev–Trinajstić information content (AvgIpc) is 2.60. The predicted molar refractivity (Wildman–Crippen MR) is 72.2 cm³/mol. The van der Waals surface area contributed by atoms with Gasteiger partial charge in [0.25, 0.3) is 11.7 Å². The second kappa shape index (κ2) is 4.77. The summed E-state index contributed by atoms with van der Waals surface area (Å²) < 4.78 is 23.0. The molecule has 0 aliphatic carbocycles. The van der Waals surface area contributed by atoms with Crippen LogP contribution in [0.4, 0.5) is 5.69 Å². The van der Waals surface area contributed by atoms with Crippen molar-refractivity contribution in [3.63, 3.8) is 0 Å². The molecule has 0 N–H and O–H groups in total. The summed E-state index contributed by atoms with van der Waals surface area (Å²) in [5.41, 5.74) is 1.76. The Kier molecular flexibility index (Phi) is 3.45. The third kappa shape index (κ3) is 2.53. The molecule has 0 fully saturated rings. The van der Waals surface area contributed by atoms with Crippen molar-refractivity contribution in [2.24, 2.45) is 0 Å². The van der Waals surface area contributed by atoms with Crippen LogP contribution in [0.3, 0.4) is 0 Å². The van der Waals surface area contributed by atoms with Crippen LogP contribution in [0.2, 0.25) is 0 Å². The van der Waals surface area contributed by atoms with Gasteiger partial charge >= 0.3 is 0 Å². The Labute approximate surface area is 112 Å². The minimum atomic E-state index is -3.16. The number of amides is 1. The van der Waals surface area contributed by atoms with Gasteiger partial charge in [0.15, 0.2) is 9.84 Å². The average molecular weight is 281 g/mol. The van der Waals surface area contributed by atoms with Gasteiger partial charge in [-0.15, -0.1) is 0 Å². The maximum absolute atomic E-state index is 11.9. The monoisotopic (exact) mass is 281 g/mol. The van der Waals surface area contributed by atoms with Crippen molar-refractivity contribution in [2.45, 2.75) is 13.8 Å². The normalized spacial score (nSPS) is 14.9. The summed E-state index contributed by atoms with van der Waals surface area (Å²) in [6.45, 7) is 3.42. The smallest absolute Gasteiger partial charge is 0.299 e. The van der Waals surface area contributed by atoms with E-state index < -0.39 is 21.5 Å². The first-order valence-electron chi connectivity index (χ1n) is 6.03. The van der Waals surface area contributed by atoms with Crippen LogP contribution in [-0.4, -0.2) is 38.2 Å². The van der Waals surface area contributed by atoms with Crippen molar-refractivity contribution in [2.75, 3.05) is 23.0 Å². The summed E-state index contributed by atoms with van der Waals surface area (Å²) in [6.07, 6.45) is 0. The second-order valence-corrected chi connectivity index (χ2v) is 7.02. The van der Waals surface area contributed by atoms with E-state index in [0.717, 1.165) is 5.56 Å². The molecule has 102 valence electrons. The van der Waals surface area contributed by atoms with Crippen molar-refractivity contribution in [1.82, 2.24) is 0 Å². The fourth-order valence-corrected chi connectivity index (χ4v) is 2.76. The van der Waals surface area contributed by atoms with E-state index in [4.69, 9.17) is 0 Å². The standard InChI is InChI=1S/C13H15NO4S/c1-3-19(17,18)7-6-14-11-5-4-9(2)8-10(11)12(15)13(14)16/h4-5,8H,3,6-7H2,1-2H3. The minimum Gasteiger partial charge on any atom is -0.304 e. The predicted octanol–water partition coefficient (Wildman–Crippen LogP) is 0.959. The lowest BCUT2D eigenvalue weighted by molar-refractivity contribution is -0.114. The second-order valence-electron chi connectivity index (χ2n) is 4.54. The van der Waals surface area contributed by atoms with Crippen molar-refractivity contribution < 1.29 is 18.0 Å². The molecule has 1 amide bonds. The van der Waals surface area contributed by atoms with Crippen LogP contribution < -0.4 is 4.90 Å². The van der Waals surface area contributed by atoms with Crippen LogP contribution in [0, 0.1) is 6.92 Å². The minimum absolute atomic E-state index is 0.0246. The first-order valence-corrected chi connectivity index (χ1v) is 7.85. The zero-order chi connectivity index (χ0) is 14.2. The number of hydrogen-bond donors (Lipinski definition) is 0. The lowest BCUT2D eigenvalue weighted by Gasteiger charge is -2.16. The Balaban J connectivity index is 2.29. The highest BCUT2D eigenvalue weighted by atomic mass is 32.2. The molecule has 0 aromatic heterocycles. The van der Waals surface area contributed by atoms with Gasteiger partial charge in [-0.2, -0.15) is 0 Å². The quantitative estimate of drug-likeness (QED) is 0.771. The summed E-state index contributed by atoms with van der Waals surface area (Å²) in [5.74, 6) is -1.31. The Hall–Kier alpha value is -1.69. The number of hydrogen-bond acceptors (Lipinski definition) is 4. The van der Waals surface area contributed by atoms with Crippen LogP contribution in [0.1, 0.15) is 22.8 Å². The third-order valence-corrected chi connectivity index (χ3v) is 4.88. The van der Waals surface area contributed by atoms with Gasteiger partial charge in [-0.3, -0.25) is 9.59 Å². The molecule has 0 saturated heterocycles. The number of nitrogens with zero attached hydrogens (tertiary/aromatic N) is 1. The lowest BCUT2D eigenvalue weighted by Crippen LogP contribution is -2.34. The Morgan fingerprint density at radius 3 is 2.53 bits per heavy atom. The number of aryl methyl sites for hydroxylation is 1. The number of ketones is 1. The van der Waals surface area contributed by atoms with E-state index in [9.17, 15) is 18.0 Å². The van der Waals surface area contributed by atoms with Gasteiger partial charge in [-0.05, 0) is 19.1 Å². The first kappa shape index (κ1) is 13.7. The fraction of sp³-hybridized carbons (Fsp3) is 0.385. The molecule has 1 aromatic carbocycles. The molecule has 0 bridgehead atoms. The highest BCUT2D eigenvalue weighted by Gasteiger charge is 2.35. The molecule has 5 nitrogen and oxygen atoms in total. The van der Waals surface area contributed by atoms with Crippen molar-refractivity contribution >= 4 is 27.2 Å². The molecule has 1 heterocycles. The van der Waals surface area contributed by atoms with E-state index >= 15 is 0 Å². The molecule has 0 unspecified atom stereocenters. The molecule has 1 aliphatic heterocycles. The molecule has 0 saturated carbocycles. The van der Waals surface area contributed by atoms with Crippen LogP contribution in [0.5, 0.6) is 0 Å². The highest BCUT2D eigenvalue weighted by molar-refractivity contribution is 7.91. The number of sulfone groups is 1. The molecule has 6 heteroatoms. The van der Waals surface area contributed by atoms with Gasteiger partial charge in [-0.1, -0.05) is 18.6 Å². The number of Topliss-reactive ketones (excluding diaryl/α,β-unsaturated/α-hetero) is 1. The Morgan fingerprint density at radius 2 is 1.89 bits per heavy atom. The maximum atomic E-state index is 11.9. The van der Waals surface area contributed by atoms with Gasteiger partial charge < -0.3 is 4.90 Å². The van der Waals surface area contributed by atoms with Crippen molar-refractivity contribution in [3.05, 3.63) is 29.3 Å². The van der Waals surface area contributed by atoms with Crippen LogP contribution in [-0.2, 0) is 14.6 Å². The molecule has 19 heavy (non-hydrogen) atoms. The summed E-state index contributed by atoms with van der Waals surface area (Å²) >= 11 is 0. The fourth-order valence-electron chi connectivity index (χ4n) is 2.01. The number of carbonyl (C=O) groups excluding carboxylic acids is 2. The number of rotatable bonds is 4. The van der Waals surface area contributed by atoms with Crippen LogP contribution in [0.25, 0.3) is 0 Å². The first-order chi connectivity index (χ1) is 8.85. The van der Waals surface area contributed by atoms with E-state index in [-0.39, 0.29) is 18.1 Å². The van der Waals surface area contributed by atoms with Gasteiger partial charge in [0.05, 0.1) is 17.0 Å². The molecule has 1 aromatic rings. The van der Waals surface area contributed by atoms with Crippen molar-refractivity contribution in [1.29, 1.82) is 0 Å². The number of fused-ring (bicyclic) bond motifs is 1. The van der Waals surface area contributed by atoms with E-state index in [2.05, 4.69) is 0 Å². The summed E-state index contributed by atoms with van der Waals surface area (Å²) in [4.78, 5) is 24.9. The maximum Gasteiger partial charge on any atom is 0.299 e. The zero-order valence-corrected chi connectivity index (χ0v) is 11.7. The summed E-state index contributed by atoms with van der Waals surface area (Å²) in [7, 11) is -3.16. The van der Waals surface area contributed by atoms with E-state index in [1.165, 1.54) is 4.90 Å². The number of anilines is 1. The zero-order valence-electron chi connectivity index (χ0n) is 10.8. The van der Waals surface area contributed by atoms with Gasteiger partial charge in [0.1, 0.15) is 0 Å². The number of benzene rings is 1. The molecule has 0 atom stereocenters. The van der Waals surface area contributed by atoms with E-state index in [1.807, 2.05) is 6.92 Å². The van der Waals surface area contributed by atoms with Crippen LogP contribution >= 0.6 is 0 Å². The van der Waals surface area contributed by atoms with E-state index in [1.54, 1.807) is 25.1 Å². The van der Waals surface area contributed by atoms with Gasteiger partial charge in [0, 0.05) is 12.3 Å². The Morgan fingerprint density at radius 1 is 1.21 bits per heavy atom. The summed E-state index contributed by atoms with van der Waals surface area (Å²) in [5, 5.41) is 0. The third-order valence-electron chi connectivity index (χ3n) is 3.19. The molecule has 2 rings (SSSR count). The lowest BCUT2D eigenvalue weighted by atomic mass is 10.1. The van der Waals surface area contributed by atoms with Gasteiger partial charge in [0.2, 0.25) is 0 Å².